The molecule has 0 heterocycles. The number of rotatable bonds is 3. The Morgan fingerprint density at radius 2 is 2.22 bits per heavy atom. The van der Waals surface area contributed by atoms with Crippen LogP contribution in [0, 0.1) is 5.41 Å². The standard InChI is InChI=1S/C6H13N3/c1-5(6(8)9)3-2-4-7/h3H,2,4,7H2,1H3,(H3,8,9). The van der Waals surface area contributed by atoms with Crippen LogP contribution in [-0.4, -0.2) is 12.4 Å². The first-order valence-corrected chi connectivity index (χ1v) is 2.89. The van der Waals surface area contributed by atoms with E-state index in [9.17, 15) is 0 Å². The van der Waals surface area contributed by atoms with Crippen LogP contribution >= 0.6 is 0 Å². The Morgan fingerprint density at radius 1 is 1.67 bits per heavy atom. The lowest BCUT2D eigenvalue weighted by Gasteiger charge is -1.94. The van der Waals surface area contributed by atoms with E-state index in [0.717, 1.165) is 12.0 Å². The molecule has 0 aromatic carbocycles. The van der Waals surface area contributed by atoms with Crippen molar-refractivity contribution in [2.75, 3.05) is 6.54 Å². The minimum atomic E-state index is 0.128. The molecule has 0 saturated carbocycles. The predicted molar refractivity (Wildman–Crippen MR) is 39.3 cm³/mol. The van der Waals surface area contributed by atoms with Crippen LogP contribution in [0.4, 0.5) is 0 Å². The maximum Gasteiger partial charge on any atom is 0.117 e. The average Bonchev–Trinajstić information content (AvgIpc) is 1.82. The molecule has 0 fully saturated rings. The second-order valence-corrected chi connectivity index (χ2v) is 1.88. The molecular weight excluding hydrogens is 114 g/mol. The third-order valence-electron chi connectivity index (χ3n) is 1.04. The van der Waals surface area contributed by atoms with Gasteiger partial charge in [-0.3, -0.25) is 5.41 Å². The Labute approximate surface area is 55.2 Å². The molecule has 0 rings (SSSR count). The van der Waals surface area contributed by atoms with Gasteiger partial charge in [0.25, 0.3) is 0 Å². The van der Waals surface area contributed by atoms with Gasteiger partial charge >= 0.3 is 0 Å². The molecule has 3 nitrogen and oxygen atoms in total. The highest BCUT2D eigenvalue weighted by molar-refractivity contribution is 5.93. The second-order valence-electron chi connectivity index (χ2n) is 1.88. The van der Waals surface area contributed by atoms with Crippen LogP contribution in [0.3, 0.4) is 0 Å². The van der Waals surface area contributed by atoms with Crippen molar-refractivity contribution < 1.29 is 0 Å². The highest BCUT2D eigenvalue weighted by Crippen LogP contribution is 1.91. The van der Waals surface area contributed by atoms with Gasteiger partial charge in [-0.25, -0.2) is 0 Å². The lowest BCUT2D eigenvalue weighted by Crippen LogP contribution is -2.11. The van der Waals surface area contributed by atoms with E-state index in [0.29, 0.717) is 6.54 Å². The number of nitrogens with two attached hydrogens (primary N) is 2. The first-order chi connectivity index (χ1) is 4.18. The summed E-state index contributed by atoms with van der Waals surface area (Å²) in [4.78, 5) is 0. The van der Waals surface area contributed by atoms with E-state index in [4.69, 9.17) is 16.9 Å². The van der Waals surface area contributed by atoms with Gasteiger partial charge in [-0.2, -0.15) is 0 Å². The van der Waals surface area contributed by atoms with Gasteiger partial charge in [-0.05, 0) is 25.5 Å². The normalized spacial score (nSPS) is 11.6. The maximum atomic E-state index is 6.95. The zero-order chi connectivity index (χ0) is 7.28. The van der Waals surface area contributed by atoms with Crippen LogP contribution in [0.2, 0.25) is 0 Å². The van der Waals surface area contributed by atoms with E-state index >= 15 is 0 Å². The second kappa shape index (κ2) is 4.09. The highest BCUT2D eigenvalue weighted by atomic mass is 14.7. The van der Waals surface area contributed by atoms with Crippen LogP contribution in [0.15, 0.2) is 11.6 Å². The third-order valence-corrected chi connectivity index (χ3v) is 1.04. The van der Waals surface area contributed by atoms with E-state index in [1.54, 1.807) is 6.92 Å². The molecule has 0 saturated heterocycles. The van der Waals surface area contributed by atoms with Gasteiger partial charge in [0.1, 0.15) is 5.84 Å². The van der Waals surface area contributed by atoms with Gasteiger partial charge in [0.05, 0.1) is 0 Å². The summed E-state index contributed by atoms with van der Waals surface area (Å²) in [6.45, 7) is 2.42. The van der Waals surface area contributed by atoms with Crippen molar-refractivity contribution in [1.29, 1.82) is 5.41 Å². The SMILES string of the molecule is CC(=CCCN)C(=N)N. The molecule has 0 aromatic rings. The molecule has 3 heteroatoms. The molecule has 0 amide bonds. The van der Waals surface area contributed by atoms with Crippen molar-refractivity contribution in [3.63, 3.8) is 0 Å². The summed E-state index contributed by atoms with van der Waals surface area (Å²) in [5.41, 5.74) is 11.2. The fraction of sp³-hybridized carbons (Fsp3) is 0.500. The van der Waals surface area contributed by atoms with E-state index in [1.807, 2.05) is 6.08 Å². The first-order valence-electron chi connectivity index (χ1n) is 2.89. The summed E-state index contributed by atoms with van der Waals surface area (Å²) in [6.07, 6.45) is 2.66. The van der Waals surface area contributed by atoms with Crippen molar-refractivity contribution in [3.05, 3.63) is 11.6 Å². The molecule has 0 aliphatic carbocycles. The van der Waals surface area contributed by atoms with Gasteiger partial charge in [0.15, 0.2) is 0 Å². The summed E-state index contributed by atoms with van der Waals surface area (Å²) in [5.74, 6) is 0.128. The quantitative estimate of drug-likeness (QED) is 0.374. The molecule has 0 aliphatic heterocycles. The van der Waals surface area contributed by atoms with Gasteiger partial charge in [-0.15, -0.1) is 0 Å². The van der Waals surface area contributed by atoms with E-state index in [1.165, 1.54) is 0 Å². The largest absolute Gasteiger partial charge is 0.384 e. The molecule has 0 bridgehead atoms. The van der Waals surface area contributed by atoms with Crippen molar-refractivity contribution in [2.45, 2.75) is 13.3 Å². The van der Waals surface area contributed by atoms with Crippen molar-refractivity contribution >= 4 is 5.84 Å². The molecule has 0 radical (unpaired) electrons. The van der Waals surface area contributed by atoms with Crippen LogP contribution in [0.5, 0.6) is 0 Å². The van der Waals surface area contributed by atoms with Gasteiger partial charge < -0.3 is 11.5 Å². The minimum Gasteiger partial charge on any atom is -0.384 e. The molecule has 0 aliphatic rings. The van der Waals surface area contributed by atoms with Crippen LogP contribution in [0.25, 0.3) is 0 Å². The van der Waals surface area contributed by atoms with Gasteiger partial charge in [0.2, 0.25) is 0 Å². The number of nitrogens with one attached hydrogen (secondary N) is 1. The number of amidine groups is 1. The first kappa shape index (κ1) is 8.17. The monoisotopic (exact) mass is 127 g/mol. The fourth-order valence-electron chi connectivity index (χ4n) is 0.410. The molecule has 0 spiro atoms. The lowest BCUT2D eigenvalue weighted by molar-refractivity contribution is 1.00. The summed E-state index contributed by atoms with van der Waals surface area (Å²) in [7, 11) is 0. The van der Waals surface area contributed by atoms with Gasteiger partial charge in [0, 0.05) is 0 Å². The Balaban J connectivity index is 3.69. The lowest BCUT2D eigenvalue weighted by atomic mass is 10.2. The Morgan fingerprint density at radius 3 is 2.56 bits per heavy atom. The summed E-state index contributed by atoms with van der Waals surface area (Å²) >= 11 is 0. The molecule has 5 N–H and O–H groups in total. The third kappa shape index (κ3) is 3.73. The smallest absolute Gasteiger partial charge is 0.117 e. The Bertz CT molecular complexity index is 126. The minimum absolute atomic E-state index is 0.128. The predicted octanol–water partition coefficient (Wildman–Crippen LogP) is 0.217. The molecular formula is C6H13N3. The van der Waals surface area contributed by atoms with Crippen LogP contribution in [0.1, 0.15) is 13.3 Å². The molecule has 9 heavy (non-hydrogen) atoms. The molecule has 52 valence electrons. The van der Waals surface area contributed by atoms with E-state index in [-0.39, 0.29) is 5.84 Å². The van der Waals surface area contributed by atoms with Crippen molar-refractivity contribution in [3.8, 4) is 0 Å². The maximum absolute atomic E-state index is 6.95. The van der Waals surface area contributed by atoms with Crippen LogP contribution in [-0.2, 0) is 0 Å². The molecule has 0 unspecified atom stereocenters. The number of hydrogen-bond acceptors (Lipinski definition) is 2. The van der Waals surface area contributed by atoms with Gasteiger partial charge in [-0.1, -0.05) is 6.08 Å². The summed E-state index contributed by atoms with van der Waals surface area (Å²) in [5, 5.41) is 6.95. The van der Waals surface area contributed by atoms with E-state index < -0.39 is 0 Å². The summed E-state index contributed by atoms with van der Waals surface area (Å²) in [6, 6.07) is 0. The average molecular weight is 127 g/mol. The van der Waals surface area contributed by atoms with E-state index in [2.05, 4.69) is 0 Å². The number of hydrogen-bond donors (Lipinski definition) is 3. The fourth-order valence-corrected chi connectivity index (χ4v) is 0.410. The Kier molecular flexibility index (Phi) is 3.71. The van der Waals surface area contributed by atoms with Crippen molar-refractivity contribution in [1.82, 2.24) is 0 Å². The Hall–Kier alpha value is -0.830. The topological polar surface area (TPSA) is 75.9 Å². The zero-order valence-corrected chi connectivity index (χ0v) is 5.65. The van der Waals surface area contributed by atoms with Crippen molar-refractivity contribution in [2.24, 2.45) is 11.5 Å². The molecule has 0 aromatic heterocycles. The zero-order valence-electron chi connectivity index (χ0n) is 5.65. The highest BCUT2D eigenvalue weighted by Gasteiger charge is 1.88. The molecule has 0 atom stereocenters. The summed E-state index contributed by atoms with van der Waals surface area (Å²) < 4.78 is 0. The van der Waals surface area contributed by atoms with Crippen LogP contribution < -0.4 is 11.5 Å².